The molecule has 0 amide bonds. The van der Waals surface area contributed by atoms with Crippen LogP contribution in [0.4, 0.5) is 0 Å². The maximum atomic E-state index is 4.27. The van der Waals surface area contributed by atoms with Gasteiger partial charge in [0.15, 0.2) is 0 Å². The van der Waals surface area contributed by atoms with Crippen molar-refractivity contribution in [1.82, 2.24) is 10.3 Å². The van der Waals surface area contributed by atoms with E-state index in [2.05, 4.69) is 72.7 Å². The Morgan fingerprint density at radius 1 is 1.05 bits per heavy atom. The van der Waals surface area contributed by atoms with Gasteiger partial charge in [0.2, 0.25) is 0 Å². The zero-order chi connectivity index (χ0) is 14.7. The lowest BCUT2D eigenvalue weighted by Crippen LogP contribution is -2.21. The van der Waals surface area contributed by atoms with Crippen LogP contribution in [-0.4, -0.2) is 11.0 Å². The van der Waals surface area contributed by atoms with E-state index in [1.807, 2.05) is 12.4 Å². The first kappa shape index (κ1) is 13.8. The average molecular weight is 276 g/mol. The summed E-state index contributed by atoms with van der Waals surface area (Å²) in [7, 11) is 0. The molecule has 0 spiro atoms. The second kappa shape index (κ2) is 6.06. The largest absolute Gasteiger partial charge is 0.310 e. The fraction of sp³-hybridized carbons (Fsp3) is 0.211. The number of nitrogens with zero attached hydrogens (tertiary/aromatic N) is 1. The van der Waals surface area contributed by atoms with Crippen molar-refractivity contribution in [2.75, 3.05) is 0 Å². The highest BCUT2D eigenvalue weighted by atomic mass is 14.9. The van der Waals surface area contributed by atoms with Gasteiger partial charge in [-0.3, -0.25) is 4.98 Å². The predicted octanol–water partition coefficient (Wildman–Crippen LogP) is 4.40. The van der Waals surface area contributed by atoms with Crippen LogP contribution in [0, 0.1) is 0 Å². The Morgan fingerprint density at radius 2 is 1.90 bits per heavy atom. The van der Waals surface area contributed by atoms with Gasteiger partial charge in [0.05, 0.1) is 0 Å². The number of pyridine rings is 1. The standard InChI is InChI=1S/C19H20N2/c1-14(2)21-12-15-5-3-7-17(11-15)18-8-4-6-16-9-10-20-13-19(16)18/h3-11,13-14,21H,12H2,1-2H3. The van der Waals surface area contributed by atoms with E-state index in [1.165, 1.54) is 27.5 Å². The highest BCUT2D eigenvalue weighted by Gasteiger charge is 2.04. The molecule has 2 aromatic carbocycles. The third-order valence-corrected chi connectivity index (χ3v) is 3.64. The lowest BCUT2D eigenvalue weighted by atomic mass is 9.98. The number of hydrogen-bond donors (Lipinski definition) is 1. The molecule has 0 radical (unpaired) electrons. The van der Waals surface area contributed by atoms with Gasteiger partial charge in [0, 0.05) is 30.4 Å². The molecule has 0 aliphatic carbocycles. The van der Waals surface area contributed by atoms with Crippen LogP contribution in [0.15, 0.2) is 60.9 Å². The second-order valence-electron chi connectivity index (χ2n) is 5.64. The number of nitrogens with one attached hydrogen (secondary N) is 1. The van der Waals surface area contributed by atoms with Gasteiger partial charge in [0.1, 0.15) is 0 Å². The van der Waals surface area contributed by atoms with Crippen molar-refractivity contribution in [1.29, 1.82) is 0 Å². The molecule has 0 bridgehead atoms. The Hall–Kier alpha value is -2.19. The Bertz CT molecular complexity index is 742. The molecule has 2 nitrogen and oxygen atoms in total. The second-order valence-corrected chi connectivity index (χ2v) is 5.64. The molecule has 1 N–H and O–H groups in total. The van der Waals surface area contributed by atoms with Crippen LogP contribution >= 0.6 is 0 Å². The summed E-state index contributed by atoms with van der Waals surface area (Å²) in [5.74, 6) is 0. The van der Waals surface area contributed by atoms with Gasteiger partial charge in [-0.05, 0) is 34.2 Å². The summed E-state index contributed by atoms with van der Waals surface area (Å²) in [6, 6.07) is 17.7. The molecule has 2 heteroatoms. The molecule has 0 aliphatic heterocycles. The SMILES string of the molecule is CC(C)NCc1cccc(-c2cccc3ccncc23)c1. The third kappa shape index (κ3) is 3.11. The first-order valence-corrected chi connectivity index (χ1v) is 7.39. The van der Waals surface area contributed by atoms with Crippen molar-refractivity contribution in [2.24, 2.45) is 0 Å². The molecule has 0 atom stereocenters. The molecule has 21 heavy (non-hydrogen) atoms. The predicted molar refractivity (Wildman–Crippen MR) is 89.2 cm³/mol. The molecule has 0 saturated carbocycles. The van der Waals surface area contributed by atoms with Crippen LogP contribution in [0.1, 0.15) is 19.4 Å². The van der Waals surface area contributed by atoms with Gasteiger partial charge in [-0.25, -0.2) is 0 Å². The van der Waals surface area contributed by atoms with Crippen molar-refractivity contribution in [2.45, 2.75) is 26.4 Å². The number of aromatic nitrogens is 1. The van der Waals surface area contributed by atoms with Crippen molar-refractivity contribution in [3.8, 4) is 11.1 Å². The van der Waals surface area contributed by atoms with Crippen molar-refractivity contribution >= 4 is 10.8 Å². The Labute approximate surface area is 125 Å². The molecular formula is C19H20N2. The van der Waals surface area contributed by atoms with Gasteiger partial charge >= 0.3 is 0 Å². The zero-order valence-corrected chi connectivity index (χ0v) is 12.5. The van der Waals surface area contributed by atoms with Gasteiger partial charge in [0.25, 0.3) is 0 Å². The Kier molecular flexibility index (Phi) is 3.98. The summed E-state index contributed by atoms with van der Waals surface area (Å²) in [6.45, 7) is 5.23. The lowest BCUT2D eigenvalue weighted by Gasteiger charge is -2.11. The summed E-state index contributed by atoms with van der Waals surface area (Å²) < 4.78 is 0. The quantitative estimate of drug-likeness (QED) is 0.764. The first-order valence-electron chi connectivity index (χ1n) is 7.39. The van der Waals surface area contributed by atoms with Crippen LogP contribution in [-0.2, 0) is 6.54 Å². The normalized spacial score (nSPS) is 11.2. The maximum Gasteiger partial charge on any atom is 0.0352 e. The molecule has 0 fully saturated rings. The highest BCUT2D eigenvalue weighted by Crippen LogP contribution is 2.28. The monoisotopic (exact) mass is 276 g/mol. The number of benzene rings is 2. The fourth-order valence-electron chi connectivity index (χ4n) is 2.54. The third-order valence-electron chi connectivity index (χ3n) is 3.64. The number of fused-ring (bicyclic) bond motifs is 1. The fourth-order valence-corrected chi connectivity index (χ4v) is 2.54. The van der Waals surface area contributed by atoms with Crippen LogP contribution in [0.5, 0.6) is 0 Å². The summed E-state index contributed by atoms with van der Waals surface area (Å²) in [4.78, 5) is 4.27. The van der Waals surface area contributed by atoms with Crippen LogP contribution in [0.25, 0.3) is 21.9 Å². The molecule has 3 aromatic rings. The topological polar surface area (TPSA) is 24.9 Å². The summed E-state index contributed by atoms with van der Waals surface area (Å²) in [5.41, 5.74) is 3.80. The highest BCUT2D eigenvalue weighted by molar-refractivity contribution is 5.96. The van der Waals surface area contributed by atoms with E-state index in [4.69, 9.17) is 0 Å². The molecule has 0 unspecified atom stereocenters. The minimum atomic E-state index is 0.496. The van der Waals surface area contributed by atoms with E-state index in [-0.39, 0.29) is 0 Å². The Morgan fingerprint density at radius 3 is 2.76 bits per heavy atom. The summed E-state index contributed by atoms with van der Waals surface area (Å²) in [5, 5.41) is 5.90. The zero-order valence-electron chi connectivity index (χ0n) is 12.5. The smallest absolute Gasteiger partial charge is 0.0352 e. The van der Waals surface area contributed by atoms with E-state index in [0.29, 0.717) is 6.04 Å². The summed E-state index contributed by atoms with van der Waals surface area (Å²) in [6.07, 6.45) is 3.79. The van der Waals surface area contributed by atoms with Gasteiger partial charge in [-0.15, -0.1) is 0 Å². The number of rotatable bonds is 4. The van der Waals surface area contributed by atoms with E-state index >= 15 is 0 Å². The van der Waals surface area contributed by atoms with E-state index in [0.717, 1.165) is 6.54 Å². The molecular weight excluding hydrogens is 256 g/mol. The molecule has 106 valence electrons. The van der Waals surface area contributed by atoms with Gasteiger partial charge in [-0.2, -0.15) is 0 Å². The average Bonchev–Trinajstić information content (AvgIpc) is 2.52. The number of hydrogen-bond acceptors (Lipinski definition) is 2. The van der Waals surface area contributed by atoms with Crippen molar-refractivity contribution in [3.63, 3.8) is 0 Å². The molecule has 0 aliphatic rings. The molecule has 3 rings (SSSR count). The van der Waals surface area contributed by atoms with E-state index in [1.54, 1.807) is 0 Å². The Balaban J connectivity index is 2.01. The first-order chi connectivity index (χ1) is 10.2. The minimum Gasteiger partial charge on any atom is -0.310 e. The molecule has 1 aromatic heterocycles. The van der Waals surface area contributed by atoms with Crippen LogP contribution < -0.4 is 5.32 Å². The molecule has 1 heterocycles. The van der Waals surface area contributed by atoms with Crippen LogP contribution in [0.2, 0.25) is 0 Å². The lowest BCUT2D eigenvalue weighted by molar-refractivity contribution is 0.589. The minimum absolute atomic E-state index is 0.496. The van der Waals surface area contributed by atoms with Crippen molar-refractivity contribution < 1.29 is 0 Å². The van der Waals surface area contributed by atoms with Gasteiger partial charge < -0.3 is 5.32 Å². The van der Waals surface area contributed by atoms with E-state index < -0.39 is 0 Å². The van der Waals surface area contributed by atoms with Crippen molar-refractivity contribution in [3.05, 3.63) is 66.5 Å². The van der Waals surface area contributed by atoms with E-state index in [9.17, 15) is 0 Å². The summed E-state index contributed by atoms with van der Waals surface area (Å²) >= 11 is 0. The van der Waals surface area contributed by atoms with Gasteiger partial charge in [-0.1, -0.05) is 50.2 Å². The molecule has 0 saturated heterocycles. The van der Waals surface area contributed by atoms with Crippen LogP contribution in [0.3, 0.4) is 0 Å². The maximum absolute atomic E-state index is 4.27.